The minimum atomic E-state index is 0.00794. The van der Waals surface area contributed by atoms with Gasteiger partial charge in [-0.2, -0.15) is 0 Å². The molecule has 0 bridgehead atoms. The number of aromatic nitrogens is 1. The molecule has 2 rings (SSSR count). The van der Waals surface area contributed by atoms with Crippen LogP contribution in [0.2, 0.25) is 5.02 Å². The topological polar surface area (TPSA) is 71.2 Å². The van der Waals surface area contributed by atoms with Crippen molar-refractivity contribution in [1.29, 1.82) is 0 Å². The number of carbonyl (C=O) groups excluding carboxylic acids is 1. The van der Waals surface area contributed by atoms with E-state index in [1.54, 1.807) is 6.07 Å². The molecular weight excluding hydrogens is 288 g/mol. The first kappa shape index (κ1) is 16.0. The fourth-order valence-electron chi connectivity index (χ4n) is 2.83. The summed E-state index contributed by atoms with van der Waals surface area (Å²) in [5.74, 6) is 6.13. The van der Waals surface area contributed by atoms with Crippen molar-refractivity contribution in [2.24, 2.45) is 11.8 Å². The quantitative estimate of drug-likeness (QED) is 0.647. The number of hydrazine groups is 1. The minimum Gasteiger partial charge on any atom is -0.335 e. The first-order valence-corrected chi connectivity index (χ1v) is 7.84. The molecule has 1 aromatic heterocycles. The van der Waals surface area contributed by atoms with Crippen molar-refractivity contribution in [3.63, 3.8) is 0 Å². The van der Waals surface area contributed by atoms with E-state index in [1.165, 1.54) is 19.0 Å². The summed E-state index contributed by atoms with van der Waals surface area (Å²) >= 11 is 6.07. The third-order valence-electron chi connectivity index (χ3n) is 3.81. The lowest BCUT2D eigenvalue weighted by Gasteiger charge is -2.30. The summed E-state index contributed by atoms with van der Waals surface area (Å²) in [6.07, 6.45) is 6.10. The van der Waals surface area contributed by atoms with Gasteiger partial charge in [0.15, 0.2) is 5.82 Å². The molecule has 5 nitrogen and oxygen atoms in total. The third kappa shape index (κ3) is 3.86. The van der Waals surface area contributed by atoms with E-state index in [1.807, 2.05) is 4.90 Å². The molecule has 116 valence electrons. The van der Waals surface area contributed by atoms with Crippen molar-refractivity contribution in [1.82, 2.24) is 9.88 Å². The third-order valence-corrected chi connectivity index (χ3v) is 4.10. The number of anilines is 1. The Kier molecular flexibility index (Phi) is 5.42. The summed E-state index contributed by atoms with van der Waals surface area (Å²) in [6.45, 7) is 5.02. The molecule has 1 amide bonds. The van der Waals surface area contributed by atoms with Gasteiger partial charge in [-0.05, 0) is 24.8 Å². The zero-order chi connectivity index (χ0) is 15.4. The molecule has 6 heteroatoms. The lowest BCUT2D eigenvalue weighted by Crippen LogP contribution is -2.41. The highest BCUT2D eigenvalue weighted by molar-refractivity contribution is 6.33. The Balaban J connectivity index is 2.22. The van der Waals surface area contributed by atoms with Gasteiger partial charge in [-0.15, -0.1) is 0 Å². The van der Waals surface area contributed by atoms with Crippen LogP contribution in [0.5, 0.6) is 0 Å². The van der Waals surface area contributed by atoms with Crippen molar-refractivity contribution in [2.45, 2.75) is 45.6 Å². The lowest BCUT2D eigenvalue weighted by molar-refractivity contribution is 0.0655. The van der Waals surface area contributed by atoms with Crippen LogP contribution < -0.4 is 11.3 Å². The van der Waals surface area contributed by atoms with Gasteiger partial charge in [0.2, 0.25) is 0 Å². The number of pyridine rings is 1. The highest BCUT2D eigenvalue weighted by atomic mass is 35.5. The smallest absolute Gasteiger partial charge is 0.255 e. The van der Waals surface area contributed by atoms with Gasteiger partial charge in [0.05, 0.1) is 10.6 Å². The molecule has 0 aromatic carbocycles. The number of nitrogen functional groups attached to an aromatic ring is 1. The molecule has 1 aliphatic carbocycles. The van der Waals surface area contributed by atoms with Crippen LogP contribution in [0.15, 0.2) is 12.3 Å². The Morgan fingerprint density at radius 2 is 2.19 bits per heavy atom. The molecule has 0 unspecified atom stereocenters. The number of amides is 1. The molecule has 0 saturated heterocycles. The largest absolute Gasteiger partial charge is 0.335 e. The molecule has 1 saturated carbocycles. The molecule has 0 spiro atoms. The first-order valence-electron chi connectivity index (χ1n) is 7.46. The number of halogens is 1. The van der Waals surface area contributed by atoms with Gasteiger partial charge in [-0.25, -0.2) is 10.8 Å². The van der Waals surface area contributed by atoms with Crippen molar-refractivity contribution in [2.75, 3.05) is 12.0 Å². The molecule has 1 heterocycles. The zero-order valence-corrected chi connectivity index (χ0v) is 13.4. The van der Waals surface area contributed by atoms with Gasteiger partial charge >= 0.3 is 0 Å². The lowest BCUT2D eigenvalue weighted by atomic mass is 10.1. The second-order valence-corrected chi connectivity index (χ2v) is 6.40. The predicted octanol–water partition coefficient (Wildman–Crippen LogP) is 3.06. The van der Waals surface area contributed by atoms with E-state index in [0.717, 1.165) is 19.4 Å². The molecule has 0 aliphatic heterocycles. The maximum Gasteiger partial charge on any atom is 0.255 e. The average molecular weight is 311 g/mol. The van der Waals surface area contributed by atoms with Crippen LogP contribution in [-0.4, -0.2) is 28.4 Å². The summed E-state index contributed by atoms with van der Waals surface area (Å²) < 4.78 is 0. The molecule has 1 fully saturated rings. The molecule has 0 atom stereocenters. The van der Waals surface area contributed by atoms with Gasteiger partial charge in [0, 0.05) is 18.8 Å². The number of rotatable bonds is 5. The van der Waals surface area contributed by atoms with E-state index in [0.29, 0.717) is 28.4 Å². The van der Waals surface area contributed by atoms with Crippen LogP contribution in [0.25, 0.3) is 0 Å². The number of nitrogens with two attached hydrogens (primary N) is 1. The van der Waals surface area contributed by atoms with Gasteiger partial charge in [0.1, 0.15) is 0 Å². The van der Waals surface area contributed by atoms with E-state index in [-0.39, 0.29) is 5.91 Å². The molecule has 21 heavy (non-hydrogen) atoms. The fraction of sp³-hybridized carbons (Fsp3) is 0.600. The standard InChI is InChI=1S/C15H23ClN4O/c1-10(2)9-20(12-5-3-4-6-12)15(21)11-7-13(16)14(19-17)18-8-11/h7-8,10,12H,3-6,9,17H2,1-2H3,(H,18,19). The average Bonchev–Trinajstić information content (AvgIpc) is 2.97. The Hall–Kier alpha value is -1.33. The van der Waals surface area contributed by atoms with Crippen LogP contribution in [-0.2, 0) is 0 Å². The highest BCUT2D eigenvalue weighted by Gasteiger charge is 2.28. The maximum atomic E-state index is 12.8. The number of nitrogens with zero attached hydrogens (tertiary/aromatic N) is 2. The Morgan fingerprint density at radius 1 is 1.52 bits per heavy atom. The van der Waals surface area contributed by atoms with Crippen molar-refractivity contribution >= 4 is 23.3 Å². The van der Waals surface area contributed by atoms with Gasteiger partial charge < -0.3 is 10.3 Å². The highest BCUT2D eigenvalue weighted by Crippen LogP contribution is 2.27. The van der Waals surface area contributed by atoms with E-state index >= 15 is 0 Å². The summed E-state index contributed by atoms with van der Waals surface area (Å²) in [5, 5.41) is 0.360. The van der Waals surface area contributed by atoms with Gasteiger partial charge in [0.25, 0.3) is 5.91 Å². The summed E-state index contributed by atoms with van der Waals surface area (Å²) in [6, 6.07) is 1.97. The van der Waals surface area contributed by atoms with E-state index in [4.69, 9.17) is 17.4 Å². The van der Waals surface area contributed by atoms with Crippen LogP contribution in [0.3, 0.4) is 0 Å². The fourth-order valence-corrected chi connectivity index (χ4v) is 3.05. The Morgan fingerprint density at radius 3 is 2.71 bits per heavy atom. The van der Waals surface area contributed by atoms with E-state index < -0.39 is 0 Å². The van der Waals surface area contributed by atoms with Crippen LogP contribution in [0, 0.1) is 5.92 Å². The number of carbonyl (C=O) groups is 1. The van der Waals surface area contributed by atoms with Crippen molar-refractivity contribution in [3.05, 3.63) is 22.8 Å². The predicted molar refractivity (Wildman–Crippen MR) is 85.2 cm³/mol. The molecule has 3 N–H and O–H groups in total. The van der Waals surface area contributed by atoms with Crippen LogP contribution in [0.1, 0.15) is 49.9 Å². The van der Waals surface area contributed by atoms with Crippen LogP contribution in [0.4, 0.5) is 5.82 Å². The summed E-state index contributed by atoms with van der Waals surface area (Å²) in [7, 11) is 0. The zero-order valence-electron chi connectivity index (χ0n) is 12.6. The monoisotopic (exact) mass is 310 g/mol. The second kappa shape index (κ2) is 7.09. The Bertz CT molecular complexity index is 500. The number of nitrogens with one attached hydrogen (secondary N) is 1. The van der Waals surface area contributed by atoms with Crippen molar-refractivity contribution in [3.8, 4) is 0 Å². The molecule has 0 radical (unpaired) electrons. The number of hydrogen-bond acceptors (Lipinski definition) is 4. The van der Waals surface area contributed by atoms with Crippen molar-refractivity contribution < 1.29 is 4.79 Å². The van der Waals surface area contributed by atoms with Gasteiger partial charge in [-0.1, -0.05) is 38.3 Å². The van der Waals surface area contributed by atoms with E-state index in [9.17, 15) is 4.79 Å². The van der Waals surface area contributed by atoms with E-state index in [2.05, 4.69) is 24.3 Å². The summed E-state index contributed by atoms with van der Waals surface area (Å²) in [5.41, 5.74) is 2.93. The summed E-state index contributed by atoms with van der Waals surface area (Å²) in [4.78, 5) is 18.9. The van der Waals surface area contributed by atoms with Crippen LogP contribution >= 0.6 is 11.6 Å². The normalized spacial score (nSPS) is 15.5. The van der Waals surface area contributed by atoms with Gasteiger partial charge in [-0.3, -0.25) is 4.79 Å². The first-order chi connectivity index (χ1) is 10.0. The number of hydrogen-bond donors (Lipinski definition) is 2. The minimum absolute atomic E-state index is 0.00794. The maximum absolute atomic E-state index is 12.8. The Labute approximate surface area is 130 Å². The molecular formula is C15H23ClN4O. The SMILES string of the molecule is CC(C)CN(C(=O)c1cnc(NN)c(Cl)c1)C1CCCC1. The molecule has 1 aliphatic rings. The second-order valence-electron chi connectivity index (χ2n) is 5.99. The molecule has 1 aromatic rings.